The third kappa shape index (κ3) is 4.68. The summed E-state index contributed by atoms with van der Waals surface area (Å²) in [5, 5.41) is 7.70. The summed E-state index contributed by atoms with van der Waals surface area (Å²) in [6.07, 6.45) is 0. The summed E-state index contributed by atoms with van der Waals surface area (Å²) in [6.45, 7) is 2.01. The van der Waals surface area contributed by atoms with Crippen LogP contribution in [0, 0.1) is 6.92 Å². The van der Waals surface area contributed by atoms with Crippen LogP contribution in [0.2, 0.25) is 0 Å². The molecule has 4 N–H and O–H groups in total. The first-order chi connectivity index (χ1) is 10.6. The third-order valence-electron chi connectivity index (χ3n) is 3.16. The minimum absolute atomic E-state index is 0.0556. The molecule has 5 nitrogen and oxygen atoms in total. The van der Waals surface area contributed by atoms with Gasteiger partial charge in [-0.25, -0.2) is 0 Å². The van der Waals surface area contributed by atoms with Crippen LogP contribution in [0.4, 0.5) is 0 Å². The zero-order valence-corrected chi connectivity index (χ0v) is 13.2. The van der Waals surface area contributed by atoms with E-state index in [9.17, 15) is 9.59 Å². The average Bonchev–Trinajstić information content (AvgIpc) is 3.01. The Bertz CT molecular complexity index is 623. The Balaban J connectivity index is 2.05. The van der Waals surface area contributed by atoms with Crippen LogP contribution < -0.4 is 16.4 Å². The van der Waals surface area contributed by atoms with Gasteiger partial charge in [0.25, 0.3) is 0 Å². The molecule has 0 saturated heterocycles. The molecule has 0 aliphatic carbocycles. The van der Waals surface area contributed by atoms with E-state index in [-0.39, 0.29) is 25.0 Å². The van der Waals surface area contributed by atoms with E-state index in [1.807, 2.05) is 48.7 Å². The van der Waals surface area contributed by atoms with Crippen LogP contribution in [0.1, 0.15) is 22.0 Å². The summed E-state index contributed by atoms with van der Waals surface area (Å²) in [7, 11) is 0. The molecule has 0 unspecified atom stereocenters. The molecule has 1 aromatic heterocycles. The number of carbonyl (C=O) groups is 2. The summed E-state index contributed by atoms with van der Waals surface area (Å²) in [6, 6.07) is 12.1. The number of aryl methyl sites for hydroxylation is 1. The van der Waals surface area contributed by atoms with E-state index in [0.29, 0.717) is 0 Å². The predicted molar refractivity (Wildman–Crippen MR) is 87.5 cm³/mol. The van der Waals surface area contributed by atoms with Gasteiger partial charge in [-0.2, -0.15) is 0 Å². The lowest BCUT2D eigenvalue weighted by Gasteiger charge is -2.18. The summed E-state index contributed by atoms with van der Waals surface area (Å²) in [4.78, 5) is 23.5. The molecule has 1 aromatic carbocycles. The number of hydrogen-bond donors (Lipinski definition) is 3. The highest BCUT2D eigenvalue weighted by atomic mass is 32.1. The van der Waals surface area contributed by atoms with E-state index in [4.69, 9.17) is 5.73 Å². The Morgan fingerprint density at radius 1 is 1.18 bits per heavy atom. The van der Waals surface area contributed by atoms with E-state index < -0.39 is 5.91 Å². The van der Waals surface area contributed by atoms with Crippen molar-refractivity contribution in [1.29, 1.82) is 0 Å². The fraction of sp³-hybridized carbons (Fsp3) is 0.250. The Kier molecular flexibility index (Phi) is 5.68. The van der Waals surface area contributed by atoms with Crippen LogP contribution in [0.3, 0.4) is 0 Å². The normalized spacial score (nSPS) is 11.9. The van der Waals surface area contributed by atoms with Gasteiger partial charge in [0.1, 0.15) is 0 Å². The first kappa shape index (κ1) is 16.2. The van der Waals surface area contributed by atoms with Gasteiger partial charge in [-0.05, 0) is 23.9 Å². The minimum atomic E-state index is -0.554. The van der Waals surface area contributed by atoms with Crippen LogP contribution >= 0.6 is 11.3 Å². The number of rotatable bonds is 7. The number of nitrogens with one attached hydrogen (secondary N) is 2. The Labute approximate surface area is 133 Å². The molecule has 0 fully saturated rings. The van der Waals surface area contributed by atoms with Gasteiger partial charge in [-0.1, -0.05) is 35.9 Å². The molecule has 116 valence electrons. The summed E-state index contributed by atoms with van der Waals surface area (Å²) < 4.78 is 0. The molecule has 1 heterocycles. The van der Waals surface area contributed by atoms with Gasteiger partial charge in [0.15, 0.2) is 0 Å². The molecule has 0 aliphatic rings. The lowest BCUT2D eigenvalue weighted by atomic mass is 10.0. The van der Waals surface area contributed by atoms with Crippen molar-refractivity contribution in [3.63, 3.8) is 0 Å². The third-order valence-corrected chi connectivity index (χ3v) is 4.10. The van der Waals surface area contributed by atoms with Crippen molar-refractivity contribution in [3.8, 4) is 0 Å². The Hall–Kier alpha value is -2.18. The van der Waals surface area contributed by atoms with E-state index in [1.54, 1.807) is 11.3 Å². The van der Waals surface area contributed by atoms with Crippen molar-refractivity contribution in [2.45, 2.75) is 13.0 Å². The molecule has 1 atom stereocenters. The van der Waals surface area contributed by atoms with Crippen LogP contribution in [0.25, 0.3) is 0 Å². The maximum Gasteiger partial charge on any atom is 0.236 e. The first-order valence-electron chi connectivity index (χ1n) is 6.94. The van der Waals surface area contributed by atoms with Crippen LogP contribution in [-0.2, 0) is 9.59 Å². The number of carbonyl (C=O) groups excluding carboxylic acids is 2. The molecule has 0 spiro atoms. The lowest BCUT2D eigenvalue weighted by molar-refractivity contribution is -0.124. The maximum atomic E-state index is 11.7. The SMILES string of the molecule is Cc1ccc([C@@H](NCC(=O)NCC(N)=O)c2cccs2)cc1. The molecular weight excluding hydrogens is 298 g/mol. The number of hydrogen-bond acceptors (Lipinski definition) is 4. The molecule has 2 amide bonds. The molecule has 0 aliphatic heterocycles. The monoisotopic (exact) mass is 317 g/mol. The second-order valence-electron chi connectivity index (χ2n) is 4.98. The van der Waals surface area contributed by atoms with Gasteiger partial charge in [-0.15, -0.1) is 11.3 Å². The van der Waals surface area contributed by atoms with Crippen molar-refractivity contribution in [2.24, 2.45) is 5.73 Å². The fourth-order valence-corrected chi connectivity index (χ4v) is 2.87. The highest BCUT2D eigenvalue weighted by Gasteiger charge is 2.16. The van der Waals surface area contributed by atoms with Crippen LogP contribution in [0.15, 0.2) is 41.8 Å². The lowest BCUT2D eigenvalue weighted by Crippen LogP contribution is -2.39. The second kappa shape index (κ2) is 7.72. The van der Waals surface area contributed by atoms with Gasteiger partial charge in [-0.3, -0.25) is 14.9 Å². The highest BCUT2D eigenvalue weighted by molar-refractivity contribution is 7.10. The van der Waals surface area contributed by atoms with Gasteiger partial charge in [0.05, 0.1) is 19.1 Å². The molecule has 2 rings (SSSR count). The van der Waals surface area contributed by atoms with Crippen LogP contribution in [0.5, 0.6) is 0 Å². The van der Waals surface area contributed by atoms with Gasteiger partial charge in [0, 0.05) is 4.88 Å². The van der Waals surface area contributed by atoms with Crippen molar-refractivity contribution in [1.82, 2.24) is 10.6 Å². The molecule has 0 saturated carbocycles. The van der Waals surface area contributed by atoms with Gasteiger partial charge in [0.2, 0.25) is 11.8 Å². The summed E-state index contributed by atoms with van der Waals surface area (Å²) in [5.41, 5.74) is 7.29. The molecular formula is C16H19N3O2S. The highest BCUT2D eigenvalue weighted by Crippen LogP contribution is 2.26. The number of amides is 2. The number of nitrogens with two attached hydrogens (primary N) is 1. The number of thiophene rings is 1. The molecule has 0 radical (unpaired) electrons. The molecule has 22 heavy (non-hydrogen) atoms. The topological polar surface area (TPSA) is 84.2 Å². The van der Waals surface area contributed by atoms with Crippen LogP contribution in [-0.4, -0.2) is 24.9 Å². The smallest absolute Gasteiger partial charge is 0.236 e. The maximum absolute atomic E-state index is 11.7. The van der Waals surface area contributed by atoms with Crippen molar-refractivity contribution in [2.75, 3.05) is 13.1 Å². The van der Waals surface area contributed by atoms with E-state index in [1.165, 1.54) is 5.56 Å². The summed E-state index contributed by atoms with van der Waals surface area (Å²) >= 11 is 1.63. The van der Waals surface area contributed by atoms with E-state index in [0.717, 1.165) is 10.4 Å². The zero-order valence-electron chi connectivity index (χ0n) is 12.3. The number of primary amides is 1. The Morgan fingerprint density at radius 2 is 1.91 bits per heavy atom. The van der Waals surface area contributed by atoms with Gasteiger partial charge >= 0.3 is 0 Å². The molecule has 0 bridgehead atoms. The number of benzene rings is 1. The van der Waals surface area contributed by atoms with Crippen molar-refractivity contribution < 1.29 is 9.59 Å². The predicted octanol–water partition coefficient (Wildman–Crippen LogP) is 1.34. The van der Waals surface area contributed by atoms with E-state index in [2.05, 4.69) is 10.6 Å². The summed E-state index contributed by atoms with van der Waals surface area (Å²) in [5.74, 6) is -0.811. The van der Waals surface area contributed by atoms with Crippen molar-refractivity contribution in [3.05, 3.63) is 57.8 Å². The minimum Gasteiger partial charge on any atom is -0.368 e. The largest absolute Gasteiger partial charge is 0.368 e. The molecule has 2 aromatic rings. The second-order valence-corrected chi connectivity index (χ2v) is 5.96. The Morgan fingerprint density at radius 3 is 2.50 bits per heavy atom. The quantitative estimate of drug-likeness (QED) is 0.720. The standard InChI is InChI=1S/C16H19N3O2S/c1-11-4-6-12(7-5-11)16(13-3-2-8-22-13)19-10-15(21)18-9-14(17)20/h2-8,16,19H,9-10H2,1H3,(H2,17,20)(H,18,21)/t16-/m1/s1. The van der Waals surface area contributed by atoms with Gasteiger partial charge < -0.3 is 11.1 Å². The van der Waals surface area contributed by atoms with E-state index >= 15 is 0 Å². The molecule has 6 heteroatoms. The average molecular weight is 317 g/mol. The fourth-order valence-electron chi connectivity index (χ4n) is 2.04. The first-order valence-corrected chi connectivity index (χ1v) is 7.82. The zero-order chi connectivity index (χ0) is 15.9. The van der Waals surface area contributed by atoms with Crippen molar-refractivity contribution >= 4 is 23.2 Å².